The van der Waals surface area contributed by atoms with Gasteiger partial charge >= 0.3 is 0 Å². The number of nitrogens with zero attached hydrogens (tertiary/aromatic N) is 2. The van der Waals surface area contributed by atoms with Crippen LogP contribution in [0.1, 0.15) is 29.6 Å². The summed E-state index contributed by atoms with van der Waals surface area (Å²) in [6.07, 6.45) is 3.40. The summed E-state index contributed by atoms with van der Waals surface area (Å²) >= 11 is 5.79. The standard InChI is InChI=1S/C15H21ClN2O2/c1-17(2)15(7-4-8-15)10-18(3)14(20)12-6-5-11(16)9-13(12)19/h5-6,9,19H,4,7-8,10H2,1-3H3. The first-order chi connectivity index (χ1) is 9.35. The molecule has 4 nitrogen and oxygen atoms in total. The predicted molar refractivity (Wildman–Crippen MR) is 80.3 cm³/mol. The molecule has 0 unspecified atom stereocenters. The Bertz CT molecular complexity index is 513. The van der Waals surface area contributed by atoms with Crippen LogP contribution in [0.15, 0.2) is 18.2 Å². The lowest BCUT2D eigenvalue weighted by Crippen LogP contribution is -2.57. The Kier molecular flexibility index (Phi) is 4.25. The third-order valence-electron chi connectivity index (χ3n) is 4.30. The molecule has 1 amide bonds. The van der Waals surface area contributed by atoms with Crippen LogP contribution in [0.4, 0.5) is 0 Å². The molecule has 2 rings (SSSR count). The monoisotopic (exact) mass is 296 g/mol. The van der Waals surface area contributed by atoms with Crippen molar-refractivity contribution in [1.29, 1.82) is 0 Å². The topological polar surface area (TPSA) is 43.8 Å². The molecule has 0 heterocycles. The van der Waals surface area contributed by atoms with Crippen molar-refractivity contribution in [3.05, 3.63) is 28.8 Å². The van der Waals surface area contributed by atoms with E-state index in [0.717, 1.165) is 12.8 Å². The molecule has 1 saturated carbocycles. The van der Waals surface area contributed by atoms with E-state index in [4.69, 9.17) is 11.6 Å². The zero-order valence-corrected chi connectivity index (χ0v) is 12.9. The average Bonchev–Trinajstić information content (AvgIpc) is 2.32. The van der Waals surface area contributed by atoms with Crippen LogP contribution in [0.5, 0.6) is 5.75 Å². The number of hydrogen-bond donors (Lipinski definition) is 1. The smallest absolute Gasteiger partial charge is 0.257 e. The molecular weight excluding hydrogens is 276 g/mol. The van der Waals surface area contributed by atoms with Crippen LogP contribution in [0.25, 0.3) is 0 Å². The predicted octanol–water partition coefficient (Wildman–Crippen LogP) is 2.60. The summed E-state index contributed by atoms with van der Waals surface area (Å²) in [6, 6.07) is 4.58. The van der Waals surface area contributed by atoms with Crippen LogP contribution in [0.3, 0.4) is 0 Å². The van der Waals surface area contributed by atoms with E-state index in [-0.39, 0.29) is 17.2 Å². The number of phenols is 1. The SMILES string of the molecule is CN(CC1(N(C)C)CCC1)C(=O)c1ccc(Cl)cc1O. The fourth-order valence-electron chi connectivity index (χ4n) is 2.74. The summed E-state index contributed by atoms with van der Waals surface area (Å²) in [5, 5.41) is 10.3. The van der Waals surface area contributed by atoms with Gasteiger partial charge in [-0.3, -0.25) is 4.79 Å². The van der Waals surface area contributed by atoms with Crippen LogP contribution < -0.4 is 0 Å². The van der Waals surface area contributed by atoms with Gasteiger partial charge in [-0.1, -0.05) is 11.6 Å². The van der Waals surface area contributed by atoms with E-state index in [2.05, 4.69) is 19.0 Å². The first kappa shape index (κ1) is 15.1. The molecule has 1 aromatic rings. The minimum Gasteiger partial charge on any atom is -0.507 e. The summed E-state index contributed by atoms with van der Waals surface area (Å²) < 4.78 is 0. The van der Waals surface area contributed by atoms with Gasteiger partial charge in [0.15, 0.2) is 0 Å². The van der Waals surface area contributed by atoms with E-state index >= 15 is 0 Å². The number of hydrogen-bond acceptors (Lipinski definition) is 3. The Morgan fingerprint density at radius 2 is 2.00 bits per heavy atom. The molecule has 1 aliphatic carbocycles. The van der Waals surface area contributed by atoms with Gasteiger partial charge in [0.05, 0.1) is 5.56 Å². The Morgan fingerprint density at radius 1 is 1.35 bits per heavy atom. The van der Waals surface area contributed by atoms with Crippen molar-refractivity contribution in [2.75, 3.05) is 27.7 Å². The van der Waals surface area contributed by atoms with Crippen molar-refractivity contribution in [3.8, 4) is 5.75 Å². The molecule has 0 radical (unpaired) electrons. The Hall–Kier alpha value is -1.26. The van der Waals surface area contributed by atoms with Gasteiger partial charge in [-0.05, 0) is 51.6 Å². The van der Waals surface area contributed by atoms with Crippen molar-refractivity contribution in [2.45, 2.75) is 24.8 Å². The minimum absolute atomic E-state index is 0.0677. The molecule has 1 aliphatic rings. The first-order valence-corrected chi connectivity index (χ1v) is 7.15. The number of halogens is 1. The van der Waals surface area contributed by atoms with E-state index in [1.54, 1.807) is 24.1 Å². The quantitative estimate of drug-likeness (QED) is 0.929. The molecule has 0 bridgehead atoms. The third kappa shape index (κ3) is 2.76. The van der Waals surface area contributed by atoms with Crippen molar-refractivity contribution >= 4 is 17.5 Å². The zero-order chi connectivity index (χ0) is 14.9. The summed E-state index contributed by atoms with van der Waals surface area (Å²) in [4.78, 5) is 16.3. The Labute approximate surface area is 124 Å². The molecular formula is C15H21ClN2O2. The van der Waals surface area contributed by atoms with Crippen LogP contribution in [0, 0.1) is 0 Å². The maximum atomic E-state index is 12.4. The summed E-state index contributed by atoms with van der Waals surface area (Å²) in [5.41, 5.74) is 0.372. The molecule has 0 spiro atoms. The lowest BCUT2D eigenvalue weighted by atomic mass is 9.75. The van der Waals surface area contributed by atoms with Crippen molar-refractivity contribution < 1.29 is 9.90 Å². The maximum absolute atomic E-state index is 12.4. The summed E-state index contributed by atoms with van der Waals surface area (Å²) in [5.74, 6) is -0.242. The Morgan fingerprint density at radius 3 is 2.45 bits per heavy atom. The van der Waals surface area contributed by atoms with E-state index in [0.29, 0.717) is 17.1 Å². The molecule has 0 aromatic heterocycles. The third-order valence-corrected chi connectivity index (χ3v) is 4.54. The van der Waals surface area contributed by atoms with Gasteiger partial charge in [-0.2, -0.15) is 0 Å². The highest BCUT2D eigenvalue weighted by molar-refractivity contribution is 6.30. The fraction of sp³-hybridized carbons (Fsp3) is 0.533. The molecule has 5 heteroatoms. The number of rotatable bonds is 4. The molecule has 1 fully saturated rings. The molecule has 0 atom stereocenters. The number of phenolic OH excluding ortho intramolecular Hbond substituents is 1. The van der Waals surface area contributed by atoms with Gasteiger partial charge in [0, 0.05) is 24.2 Å². The van der Waals surface area contributed by atoms with Gasteiger partial charge in [-0.15, -0.1) is 0 Å². The van der Waals surface area contributed by atoms with E-state index in [1.165, 1.54) is 12.5 Å². The van der Waals surface area contributed by atoms with Crippen LogP contribution in [-0.4, -0.2) is 54.0 Å². The highest BCUT2D eigenvalue weighted by atomic mass is 35.5. The van der Waals surface area contributed by atoms with Crippen LogP contribution >= 0.6 is 11.6 Å². The summed E-state index contributed by atoms with van der Waals surface area (Å²) in [6.45, 7) is 0.668. The number of amides is 1. The highest BCUT2D eigenvalue weighted by Crippen LogP contribution is 2.37. The largest absolute Gasteiger partial charge is 0.507 e. The number of likely N-dealkylation sites (N-methyl/N-ethyl adjacent to an activating group) is 2. The number of carbonyl (C=O) groups is 1. The van der Waals surface area contributed by atoms with Crippen LogP contribution in [0.2, 0.25) is 5.02 Å². The number of benzene rings is 1. The normalized spacial score (nSPS) is 16.9. The van der Waals surface area contributed by atoms with Crippen molar-refractivity contribution in [3.63, 3.8) is 0 Å². The van der Waals surface area contributed by atoms with Gasteiger partial charge in [-0.25, -0.2) is 0 Å². The van der Waals surface area contributed by atoms with Gasteiger partial charge in [0.2, 0.25) is 0 Å². The molecule has 0 saturated heterocycles. The minimum atomic E-state index is -0.174. The Balaban J connectivity index is 2.12. The molecule has 1 N–H and O–H groups in total. The van der Waals surface area contributed by atoms with E-state index < -0.39 is 0 Å². The van der Waals surface area contributed by atoms with E-state index in [9.17, 15) is 9.90 Å². The van der Waals surface area contributed by atoms with Crippen LogP contribution in [-0.2, 0) is 0 Å². The second kappa shape index (κ2) is 5.62. The molecule has 1 aromatic carbocycles. The maximum Gasteiger partial charge on any atom is 0.257 e. The van der Waals surface area contributed by atoms with Gasteiger partial charge in [0.1, 0.15) is 5.75 Å². The van der Waals surface area contributed by atoms with Gasteiger partial charge in [0.25, 0.3) is 5.91 Å². The van der Waals surface area contributed by atoms with E-state index in [1.807, 2.05) is 0 Å². The lowest BCUT2D eigenvalue weighted by Gasteiger charge is -2.49. The highest BCUT2D eigenvalue weighted by Gasteiger charge is 2.40. The van der Waals surface area contributed by atoms with Gasteiger partial charge < -0.3 is 14.9 Å². The zero-order valence-electron chi connectivity index (χ0n) is 12.2. The number of aromatic hydroxyl groups is 1. The second-order valence-corrected chi connectivity index (χ2v) is 6.23. The summed E-state index contributed by atoms with van der Waals surface area (Å²) in [7, 11) is 5.88. The molecule has 110 valence electrons. The van der Waals surface area contributed by atoms with Crippen molar-refractivity contribution in [1.82, 2.24) is 9.80 Å². The lowest BCUT2D eigenvalue weighted by molar-refractivity contribution is 0.0251. The molecule has 20 heavy (non-hydrogen) atoms. The molecule has 0 aliphatic heterocycles. The average molecular weight is 297 g/mol. The second-order valence-electron chi connectivity index (χ2n) is 5.80. The van der Waals surface area contributed by atoms with Crippen molar-refractivity contribution in [2.24, 2.45) is 0 Å². The number of carbonyl (C=O) groups excluding carboxylic acids is 1. The fourth-order valence-corrected chi connectivity index (χ4v) is 2.90. The first-order valence-electron chi connectivity index (χ1n) is 6.77.